The van der Waals surface area contributed by atoms with E-state index in [0.717, 1.165) is 0 Å². The summed E-state index contributed by atoms with van der Waals surface area (Å²) in [5.41, 5.74) is -1.07. The topological polar surface area (TPSA) is 50.1 Å². The predicted molar refractivity (Wildman–Crippen MR) is 54.5 cm³/mol. The minimum Gasteiger partial charge on any atom is -0.460 e. The molecule has 0 saturated carbocycles. The second kappa shape index (κ2) is 4.45. The van der Waals surface area contributed by atoms with Crippen molar-refractivity contribution in [1.82, 2.24) is 0 Å². The van der Waals surface area contributed by atoms with Crippen molar-refractivity contribution in [1.29, 1.82) is 5.26 Å². The summed E-state index contributed by atoms with van der Waals surface area (Å²) in [5, 5.41) is 8.87. The second-order valence-electron chi connectivity index (χ2n) is 4.79. The molecule has 0 heterocycles. The first kappa shape index (κ1) is 13.0. The molecule has 0 bridgehead atoms. The smallest absolute Gasteiger partial charge is 0.307 e. The van der Waals surface area contributed by atoms with Gasteiger partial charge < -0.3 is 4.74 Å². The van der Waals surface area contributed by atoms with Gasteiger partial charge in [0, 0.05) is 0 Å². The van der Waals surface area contributed by atoms with Crippen LogP contribution >= 0.6 is 0 Å². The van der Waals surface area contributed by atoms with E-state index in [1.165, 1.54) is 0 Å². The SMILES string of the molecule is CCC(C)(C#N)CC(=O)OC(C)(C)C. The van der Waals surface area contributed by atoms with Gasteiger partial charge in [-0.25, -0.2) is 0 Å². The van der Waals surface area contributed by atoms with E-state index in [1.807, 2.05) is 27.7 Å². The fraction of sp³-hybridized carbons (Fsp3) is 0.818. The van der Waals surface area contributed by atoms with Crippen LogP contribution in [0, 0.1) is 16.7 Å². The molecule has 0 aliphatic carbocycles. The Bertz CT molecular complexity index is 247. The van der Waals surface area contributed by atoms with E-state index in [2.05, 4.69) is 6.07 Å². The van der Waals surface area contributed by atoms with E-state index in [-0.39, 0.29) is 12.4 Å². The summed E-state index contributed by atoms with van der Waals surface area (Å²) in [6.45, 7) is 9.13. The second-order valence-corrected chi connectivity index (χ2v) is 4.79. The number of esters is 1. The van der Waals surface area contributed by atoms with Gasteiger partial charge >= 0.3 is 5.97 Å². The zero-order chi connectivity index (χ0) is 11.4. The molecule has 0 spiro atoms. The highest BCUT2D eigenvalue weighted by molar-refractivity contribution is 5.71. The first-order valence-corrected chi connectivity index (χ1v) is 4.85. The van der Waals surface area contributed by atoms with E-state index in [0.29, 0.717) is 6.42 Å². The largest absolute Gasteiger partial charge is 0.460 e. The van der Waals surface area contributed by atoms with Gasteiger partial charge in [0.1, 0.15) is 5.60 Å². The first-order chi connectivity index (χ1) is 6.22. The average Bonchev–Trinajstić information content (AvgIpc) is 2.00. The molecule has 1 atom stereocenters. The Kier molecular flexibility index (Phi) is 4.12. The lowest BCUT2D eigenvalue weighted by atomic mass is 9.86. The van der Waals surface area contributed by atoms with Crippen molar-refractivity contribution in [3.05, 3.63) is 0 Å². The Morgan fingerprint density at radius 3 is 2.14 bits per heavy atom. The summed E-state index contributed by atoms with van der Waals surface area (Å²) in [6, 6.07) is 2.14. The summed E-state index contributed by atoms with van der Waals surface area (Å²) >= 11 is 0. The number of ether oxygens (including phenoxy) is 1. The van der Waals surface area contributed by atoms with Crippen LogP contribution < -0.4 is 0 Å². The zero-order valence-corrected chi connectivity index (χ0v) is 9.68. The summed E-state index contributed by atoms with van der Waals surface area (Å²) < 4.78 is 5.15. The van der Waals surface area contributed by atoms with Crippen LogP contribution in [0.2, 0.25) is 0 Å². The van der Waals surface area contributed by atoms with Crippen molar-refractivity contribution in [2.24, 2.45) is 5.41 Å². The van der Waals surface area contributed by atoms with Gasteiger partial charge in [0.15, 0.2) is 0 Å². The van der Waals surface area contributed by atoms with Crippen LogP contribution in [-0.2, 0) is 9.53 Å². The highest BCUT2D eigenvalue weighted by atomic mass is 16.6. The van der Waals surface area contributed by atoms with E-state index in [1.54, 1.807) is 6.92 Å². The van der Waals surface area contributed by atoms with Crippen molar-refractivity contribution in [2.45, 2.75) is 53.1 Å². The number of carbonyl (C=O) groups is 1. The quantitative estimate of drug-likeness (QED) is 0.653. The Balaban J connectivity index is 4.27. The maximum absolute atomic E-state index is 11.4. The van der Waals surface area contributed by atoms with Gasteiger partial charge in [-0.1, -0.05) is 6.92 Å². The molecule has 0 amide bonds. The lowest BCUT2D eigenvalue weighted by Crippen LogP contribution is -2.27. The van der Waals surface area contributed by atoms with Crippen LogP contribution in [0.25, 0.3) is 0 Å². The van der Waals surface area contributed by atoms with Crippen molar-refractivity contribution in [3.8, 4) is 6.07 Å². The molecular formula is C11H19NO2. The summed E-state index contributed by atoms with van der Waals surface area (Å²) in [4.78, 5) is 11.4. The van der Waals surface area contributed by atoms with Crippen LogP contribution in [0.5, 0.6) is 0 Å². The third kappa shape index (κ3) is 4.86. The molecule has 80 valence electrons. The fourth-order valence-corrected chi connectivity index (χ4v) is 0.940. The van der Waals surface area contributed by atoms with Gasteiger partial charge in [-0.2, -0.15) is 5.26 Å². The Morgan fingerprint density at radius 2 is 1.86 bits per heavy atom. The van der Waals surface area contributed by atoms with Crippen molar-refractivity contribution in [2.75, 3.05) is 0 Å². The monoisotopic (exact) mass is 197 g/mol. The third-order valence-electron chi connectivity index (χ3n) is 2.00. The highest BCUT2D eigenvalue weighted by Crippen LogP contribution is 2.25. The fourth-order valence-electron chi connectivity index (χ4n) is 0.940. The third-order valence-corrected chi connectivity index (χ3v) is 2.00. The minimum absolute atomic E-state index is 0.164. The zero-order valence-electron chi connectivity index (χ0n) is 9.68. The van der Waals surface area contributed by atoms with Gasteiger partial charge in [-0.3, -0.25) is 4.79 Å². The minimum atomic E-state index is -0.595. The van der Waals surface area contributed by atoms with E-state index >= 15 is 0 Å². The molecule has 0 radical (unpaired) electrons. The number of nitriles is 1. The number of hydrogen-bond donors (Lipinski definition) is 0. The standard InChI is InChI=1S/C11H19NO2/c1-6-11(5,8-12)7-9(13)14-10(2,3)4/h6-7H2,1-5H3. The molecule has 0 aliphatic heterocycles. The predicted octanol–water partition coefficient (Wildman–Crippen LogP) is 2.66. The molecule has 0 aromatic carbocycles. The molecule has 0 fully saturated rings. The maximum Gasteiger partial charge on any atom is 0.307 e. The van der Waals surface area contributed by atoms with Crippen LogP contribution in [0.4, 0.5) is 0 Å². The van der Waals surface area contributed by atoms with Gasteiger partial charge in [-0.15, -0.1) is 0 Å². The van der Waals surface area contributed by atoms with Crippen molar-refractivity contribution >= 4 is 5.97 Å². The molecule has 0 aromatic heterocycles. The molecule has 1 unspecified atom stereocenters. The molecule has 3 heteroatoms. The number of nitrogens with zero attached hydrogens (tertiary/aromatic N) is 1. The molecule has 0 saturated heterocycles. The van der Waals surface area contributed by atoms with Gasteiger partial charge in [0.2, 0.25) is 0 Å². The van der Waals surface area contributed by atoms with Crippen LogP contribution in [0.3, 0.4) is 0 Å². The number of rotatable bonds is 3. The van der Waals surface area contributed by atoms with Crippen LogP contribution in [-0.4, -0.2) is 11.6 Å². The van der Waals surface area contributed by atoms with Crippen LogP contribution in [0.15, 0.2) is 0 Å². The molecule has 3 nitrogen and oxygen atoms in total. The summed E-state index contributed by atoms with van der Waals surface area (Å²) in [7, 11) is 0. The molecule has 0 rings (SSSR count). The Morgan fingerprint density at radius 1 is 1.36 bits per heavy atom. The highest BCUT2D eigenvalue weighted by Gasteiger charge is 2.28. The maximum atomic E-state index is 11.4. The normalized spacial score (nSPS) is 15.4. The average molecular weight is 197 g/mol. The van der Waals surface area contributed by atoms with E-state index in [9.17, 15) is 4.79 Å². The van der Waals surface area contributed by atoms with Crippen molar-refractivity contribution in [3.63, 3.8) is 0 Å². The summed E-state index contributed by atoms with van der Waals surface area (Å²) in [6.07, 6.45) is 0.819. The molecule has 0 aliphatic rings. The molecule has 14 heavy (non-hydrogen) atoms. The van der Waals surface area contributed by atoms with Gasteiger partial charge in [0.05, 0.1) is 17.9 Å². The van der Waals surface area contributed by atoms with Gasteiger partial charge in [0.25, 0.3) is 0 Å². The Hall–Kier alpha value is -1.04. The Labute approximate surface area is 86.1 Å². The van der Waals surface area contributed by atoms with Gasteiger partial charge in [-0.05, 0) is 34.1 Å². The first-order valence-electron chi connectivity index (χ1n) is 4.85. The summed E-state index contributed by atoms with van der Waals surface area (Å²) in [5.74, 6) is -0.302. The van der Waals surface area contributed by atoms with E-state index < -0.39 is 11.0 Å². The number of carbonyl (C=O) groups excluding carboxylic acids is 1. The lowest BCUT2D eigenvalue weighted by molar-refractivity contribution is -0.156. The molecule has 0 aromatic rings. The lowest BCUT2D eigenvalue weighted by Gasteiger charge is -2.23. The van der Waals surface area contributed by atoms with Crippen LogP contribution in [0.1, 0.15) is 47.5 Å². The number of hydrogen-bond acceptors (Lipinski definition) is 3. The van der Waals surface area contributed by atoms with E-state index in [4.69, 9.17) is 10.00 Å². The molecule has 0 N–H and O–H groups in total. The van der Waals surface area contributed by atoms with Crippen molar-refractivity contribution < 1.29 is 9.53 Å². The molecular weight excluding hydrogens is 178 g/mol.